The van der Waals surface area contributed by atoms with Crippen LogP contribution in [0.4, 0.5) is 5.69 Å². The average Bonchev–Trinajstić information content (AvgIpc) is 3.46. The largest absolute Gasteiger partial charge is 0.419 e. The van der Waals surface area contributed by atoms with Crippen LogP contribution in [-0.2, 0) is 6.54 Å². The molecule has 1 amide bonds. The minimum atomic E-state index is -0.456. The summed E-state index contributed by atoms with van der Waals surface area (Å²) in [6.45, 7) is 2.95. The van der Waals surface area contributed by atoms with E-state index in [-0.39, 0.29) is 11.6 Å². The van der Waals surface area contributed by atoms with Crippen LogP contribution < -0.4 is 0 Å². The van der Waals surface area contributed by atoms with E-state index in [9.17, 15) is 14.9 Å². The number of hydrogen-bond acceptors (Lipinski definition) is 8. The van der Waals surface area contributed by atoms with Crippen molar-refractivity contribution in [1.82, 2.24) is 30.2 Å². The second-order valence-electron chi connectivity index (χ2n) is 7.49. The number of nitro groups is 1. The van der Waals surface area contributed by atoms with Crippen LogP contribution in [0.1, 0.15) is 16.4 Å². The fourth-order valence-corrected chi connectivity index (χ4v) is 3.74. The van der Waals surface area contributed by atoms with Gasteiger partial charge in [0.1, 0.15) is 0 Å². The number of nitrogens with zero attached hydrogens (tertiary/aromatic N) is 6. The van der Waals surface area contributed by atoms with Crippen LogP contribution in [0.25, 0.3) is 22.4 Å². The fraction of sp³-hybridized carbons (Fsp3) is 0.238. The first-order valence-corrected chi connectivity index (χ1v) is 10.1. The Morgan fingerprint density at radius 3 is 2.56 bits per heavy atom. The number of amides is 1. The second kappa shape index (κ2) is 8.19. The summed E-state index contributed by atoms with van der Waals surface area (Å²) in [7, 11) is 0. The first-order chi connectivity index (χ1) is 15.6. The van der Waals surface area contributed by atoms with E-state index in [1.165, 1.54) is 12.1 Å². The maximum Gasteiger partial charge on any atom is 0.275 e. The van der Waals surface area contributed by atoms with Gasteiger partial charge in [0.15, 0.2) is 5.69 Å². The first kappa shape index (κ1) is 19.8. The summed E-state index contributed by atoms with van der Waals surface area (Å²) >= 11 is 0. The molecule has 0 bridgehead atoms. The Bertz CT molecular complexity index is 1270. The Kier molecular flexibility index (Phi) is 5.07. The van der Waals surface area contributed by atoms with Crippen molar-refractivity contribution in [3.05, 3.63) is 70.2 Å². The van der Waals surface area contributed by atoms with Crippen LogP contribution in [0, 0.1) is 10.1 Å². The summed E-state index contributed by atoms with van der Waals surface area (Å²) in [5, 5.41) is 26.8. The summed E-state index contributed by atoms with van der Waals surface area (Å²) in [6.07, 6.45) is 0. The topological polar surface area (TPSA) is 134 Å². The van der Waals surface area contributed by atoms with Crippen LogP contribution in [-0.4, -0.2) is 67.2 Å². The normalized spacial score (nSPS) is 14.7. The maximum atomic E-state index is 12.9. The number of non-ortho nitro benzene ring substituents is 1. The van der Waals surface area contributed by atoms with Gasteiger partial charge >= 0.3 is 0 Å². The lowest BCUT2D eigenvalue weighted by Crippen LogP contribution is -2.48. The quantitative estimate of drug-likeness (QED) is 0.375. The van der Waals surface area contributed by atoms with Crippen LogP contribution in [0.15, 0.2) is 52.9 Å². The Balaban J connectivity index is 1.19. The van der Waals surface area contributed by atoms with Gasteiger partial charge in [0.05, 0.1) is 17.0 Å². The molecular formula is C21H19N7O4. The molecule has 0 unspecified atom stereocenters. The number of benzene rings is 2. The highest BCUT2D eigenvalue weighted by Crippen LogP contribution is 2.22. The van der Waals surface area contributed by atoms with Gasteiger partial charge in [0, 0.05) is 49.3 Å². The molecule has 1 aliphatic rings. The number of H-pyrrole nitrogens is 1. The van der Waals surface area contributed by atoms with Gasteiger partial charge in [-0.2, -0.15) is 5.10 Å². The predicted octanol–water partition coefficient (Wildman–Crippen LogP) is 2.48. The minimum absolute atomic E-state index is 0.00347. The molecule has 3 heterocycles. The highest BCUT2D eigenvalue weighted by molar-refractivity contribution is 6.04. The number of aromatic nitrogens is 4. The van der Waals surface area contributed by atoms with Crippen molar-refractivity contribution in [1.29, 1.82) is 0 Å². The predicted molar refractivity (Wildman–Crippen MR) is 114 cm³/mol. The summed E-state index contributed by atoms with van der Waals surface area (Å²) < 4.78 is 5.73. The number of rotatable bonds is 5. The van der Waals surface area contributed by atoms with E-state index in [0.29, 0.717) is 55.8 Å². The van der Waals surface area contributed by atoms with E-state index in [1.54, 1.807) is 17.0 Å². The molecule has 0 atom stereocenters. The number of carbonyl (C=O) groups is 1. The number of para-hydroxylation sites is 1. The molecule has 1 fully saturated rings. The molecule has 0 aliphatic carbocycles. The minimum Gasteiger partial charge on any atom is -0.419 e. The van der Waals surface area contributed by atoms with E-state index in [4.69, 9.17) is 4.42 Å². The maximum absolute atomic E-state index is 12.9. The van der Waals surface area contributed by atoms with Crippen molar-refractivity contribution in [3.63, 3.8) is 0 Å². The van der Waals surface area contributed by atoms with Crippen LogP contribution in [0.5, 0.6) is 0 Å². The van der Waals surface area contributed by atoms with E-state index in [2.05, 4.69) is 25.3 Å². The molecule has 1 saturated heterocycles. The molecular weight excluding hydrogens is 414 g/mol. The van der Waals surface area contributed by atoms with Crippen molar-refractivity contribution < 1.29 is 14.1 Å². The zero-order valence-corrected chi connectivity index (χ0v) is 17.0. The van der Waals surface area contributed by atoms with Gasteiger partial charge in [0.2, 0.25) is 11.8 Å². The van der Waals surface area contributed by atoms with Gasteiger partial charge in [-0.05, 0) is 18.2 Å². The standard InChI is InChI=1S/C21H19N7O4/c29-21(19-16-3-1-2-4-17(16)22-24-19)27-11-9-26(10-12-27)13-18-23-25-20(32-18)14-5-7-15(8-6-14)28(30)31/h1-8H,9-13H2,(H,22,24). The second-order valence-corrected chi connectivity index (χ2v) is 7.49. The van der Waals surface area contributed by atoms with Gasteiger partial charge in [0.25, 0.3) is 11.6 Å². The molecule has 162 valence electrons. The third-order valence-electron chi connectivity index (χ3n) is 5.48. The van der Waals surface area contributed by atoms with Crippen LogP contribution in [0.3, 0.4) is 0 Å². The van der Waals surface area contributed by atoms with E-state index < -0.39 is 4.92 Å². The SMILES string of the molecule is O=C(c1n[nH]c2ccccc12)N1CCN(Cc2nnc(-c3ccc([N+](=O)[O-])cc3)o2)CC1. The number of fused-ring (bicyclic) bond motifs is 1. The van der Waals surface area contributed by atoms with Gasteiger partial charge in [-0.3, -0.25) is 24.9 Å². The molecule has 1 aliphatic heterocycles. The van der Waals surface area contributed by atoms with Crippen LogP contribution >= 0.6 is 0 Å². The molecule has 1 N–H and O–H groups in total. The van der Waals surface area contributed by atoms with Gasteiger partial charge < -0.3 is 9.32 Å². The Hall–Kier alpha value is -4.12. The lowest BCUT2D eigenvalue weighted by molar-refractivity contribution is -0.384. The summed E-state index contributed by atoms with van der Waals surface area (Å²) in [5.41, 5.74) is 1.91. The lowest BCUT2D eigenvalue weighted by atomic mass is 10.2. The van der Waals surface area contributed by atoms with Crippen molar-refractivity contribution in [3.8, 4) is 11.5 Å². The number of hydrogen-bond donors (Lipinski definition) is 1. The van der Waals surface area contributed by atoms with E-state index in [0.717, 1.165) is 10.9 Å². The number of nitrogens with one attached hydrogen (secondary N) is 1. The number of nitro benzene ring substituents is 1. The first-order valence-electron chi connectivity index (χ1n) is 10.1. The zero-order chi connectivity index (χ0) is 22.1. The molecule has 5 rings (SSSR count). The van der Waals surface area contributed by atoms with Crippen molar-refractivity contribution in [2.75, 3.05) is 26.2 Å². The molecule has 2 aromatic heterocycles. The molecule has 32 heavy (non-hydrogen) atoms. The molecule has 4 aromatic rings. The number of piperazine rings is 1. The zero-order valence-electron chi connectivity index (χ0n) is 17.0. The Morgan fingerprint density at radius 2 is 1.81 bits per heavy atom. The Morgan fingerprint density at radius 1 is 1.06 bits per heavy atom. The monoisotopic (exact) mass is 433 g/mol. The van der Waals surface area contributed by atoms with E-state index in [1.807, 2.05) is 24.3 Å². The summed E-state index contributed by atoms with van der Waals surface area (Å²) in [5.74, 6) is 0.686. The third kappa shape index (κ3) is 3.81. The molecule has 0 saturated carbocycles. The highest BCUT2D eigenvalue weighted by Gasteiger charge is 2.26. The van der Waals surface area contributed by atoms with Crippen molar-refractivity contribution in [2.24, 2.45) is 0 Å². The molecule has 0 spiro atoms. The molecule has 2 aromatic carbocycles. The van der Waals surface area contributed by atoms with Crippen molar-refractivity contribution in [2.45, 2.75) is 6.54 Å². The van der Waals surface area contributed by atoms with Gasteiger partial charge in [-0.25, -0.2) is 0 Å². The number of carbonyl (C=O) groups excluding carboxylic acids is 1. The third-order valence-corrected chi connectivity index (χ3v) is 5.48. The highest BCUT2D eigenvalue weighted by atomic mass is 16.6. The lowest BCUT2D eigenvalue weighted by Gasteiger charge is -2.33. The van der Waals surface area contributed by atoms with E-state index >= 15 is 0 Å². The van der Waals surface area contributed by atoms with Gasteiger partial charge in [-0.15, -0.1) is 10.2 Å². The van der Waals surface area contributed by atoms with Crippen molar-refractivity contribution >= 4 is 22.5 Å². The summed E-state index contributed by atoms with van der Waals surface area (Å²) in [6, 6.07) is 13.5. The van der Waals surface area contributed by atoms with Gasteiger partial charge in [-0.1, -0.05) is 18.2 Å². The molecule has 0 radical (unpaired) electrons. The number of aromatic amines is 1. The summed E-state index contributed by atoms with van der Waals surface area (Å²) in [4.78, 5) is 27.2. The molecule has 11 heteroatoms. The van der Waals surface area contributed by atoms with Crippen LogP contribution in [0.2, 0.25) is 0 Å². The smallest absolute Gasteiger partial charge is 0.275 e. The fourth-order valence-electron chi connectivity index (χ4n) is 3.74. The average molecular weight is 433 g/mol. The molecule has 11 nitrogen and oxygen atoms in total. The Labute approximate surface area is 181 Å².